The molecule has 2 aliphatic rings. The van der Waals surface area contributed by atoms with Gasteiger partial charge in [-0.25, -0.2) is 0 Å². The number of methoxy groups -OCH3 is 1. The number of aliphatic carboxylic acids is 1. The molecular formula is C33H37ClN2O8. The molecule has 1 unspecified atom stereocenters. The number of aliphatic hydroxyl groups excluding tert-OH is 1. The van der Waals surface area contributed by atoms with Crippen LogP contribution in [0.1, 0.15) is 48.1 Å². The number of amides is 1. The number of carbonyl (C=O) groups excluding carboxylic acids is 1. The van der Waals surface area contributed by atoms with E-state index in [-0.39, 0.29) is 32.5 Å². The van der Waals surface area contributed by atoms with Gasteiger partial charge in [0.1, 0.15) is 12.4 Å². The fraction of sp³-hybridized carbons (Fsp3) is 0.394. The summed E-state index contributed by atoms with van der Waals surface area (Å²) in [7, 11) is 1.52. The number of aryl methyl sites for hydroxylation is 2. The lowest BCUT2D eigenvalue weighted by Crippen LogP contribution is -2.35. The lowest BCUT2D eigenvalue weighted by atomic mass is 9.82. The topological polar surface area (TPSA) is 127 Å². The van der Waals surface area contributed by atoms with Crippen LogP contribution >= 0.6 is 11.6 Å². The Kier molecular flexibility index (Phi) is 9.83. The summed E-state index contributed by atoms with van der Waals surface area (Å²) in [5.74, 6) is -0.651. The molecule has 1 fully saturated rings. The fourth-order valence-corrected chi connectivity index (χ4v) is 6.49. The number of nitrogens with zero attached hydrogens (tertiary/aromatic N) is 1. The van der Waals surface area contributed by atoms with E-state index in [9.17, 15) is 14.7 Å². The maximum atomic E-state index is 13.7. The van der Waals surface area contributed by atoms with Crippen LogP contribution < -0.4 is 24.3 Å². The average Bonchev–Trinajstić information content (AvgIpc) is 3.65. The van der Waals surface area contributed by atoms with Crippen LogP contribution in [0.5, 0.6) is 23.0 Å². The third kappa shape index (κ3) is 6.43. The number of rotatable bonds is 12. The predicted molar refractivity (Wildman–Crippen MR) is 165 cm³/mol. The van der Waals surface area contributed by atoms with Crippen molar-refractivity contribution in [2.45, 2.75) is 38.6 Å². The summed E-state index contributed by atoms with van der Waals surface area (Å²) < 4.78 is 22.3. The van der Waals surface area contributed by atoms with E-state index < -0.39 is 23.8 Å². The van der Waals surface area contributed by atoms with Gasteiger partial charge in [0.2, 0.25) is 18.4 Å². The fourth-order valence-electron chi connectivity index (χ4n) is 6.22. The van der Waals surface area contributed by atoms with Crippen LogP contribution in [-0.4, -0.2) is 67.2 Å². The molecule has 11 heteroatoms. The van der Waals surface area contributed by atoms with Gasteiger partial charge in [0.15, 0.2) is 11.5 Å². The molecule has 1 saturated heterocycles. The van der Waals surface area contributed by atoms with Crippen LogP contribution in [0, 0.1) is 5.92 Å². The van der Waals surface area contributed by atoms with Crippen molar-refractivity contribution < 1.29 is 38.7 Å². The van der Waals surface area contributed by atoms with Gasteiger partial charge in [-0.2, -0.15) is 0 Å². The second-order valence-electron chi connectivity index (χ2n) is 10.8. The summed E-state index contributed by atoms with van der Waals surface area (Å²) in [5, 5.41) is 23.5. The highest BCUT2D eigenvalue weighted by Gasteiger charge is 2.48. The Labute approximate surface area is 261 Å². The highest BCUT2D eigenvalue weighted by molar-refractivity contribution is 6.30. The van der Waals surface area contributed by atoms with Gasteiger partial charge >= 0.3 is 5.97 Å². The summed E-state index contributed by atoms with van der Waals surface area (Å²) in [6.07, 6.45) is 1.38. The molecule has 0 saturated carbocycles. The van der Waals surface area contributed by atoms with Crippen LogP contribution in [0.25, 0.3) is 0 Å². The van der Waals surface area contributed by atoms with E-state index in [1.807, 2.05) is 43.0 Å². The first-order valence-corrected chi connectivity index (χ1v) is 15.0. The highest BCUT2D eigenvalue weighted by atomic mass is 35.5. The number of halogens is 1. The number of carboxylic acid groups (broad SMARTS) is 1. The Bertz CT molecular complexity index is 1490. The molecule has 2 heterocycles. The van der Waals surface area contributed by atoms with Crippen LogP contribution in [0.15, 0.2) is 48.5 Å². The van der Waals surface area contributed by atoms with Crippen LogP contribution in [0.4, 0.5) is 5.69 Å². The van der Waals surface area contributed by atoms with E-state index in [2.05, 4.69) is 5.32 Å². The highest BCUT2D eigenvalue weighted by Crippen LogP contribution is 2.50. The Balaban J connectivity index is 1.51. The van der Waals surface area contributed by atoms with Crippen molar-refractivity contribution in [2.24, 2.45) is 5.92 Å². The number of hydrogen-bond acceptors (Lipinski definition) is 8. The van der Waals surface area contributed by atoms with Crippen LogP contribution in [0.3, 0.4) is 0 Å². The normalized spacial score (nSPS) is 19.2. The first-order valence-electron chi connectivity index (χ1n) is 14.7. The lowest BCUT2D eigenvalue weighted by Gasteiger charge is -2.27. The van der Waals surface area contributed by atoms with E-state index >= 15 is 0 Å². The molecule has 3 N–H and O–H groups in total. The first kappa shape index (κ1) is 31.4. The zero-order chi connectivity index (χ0) is 31.4. The van der Waals surface area contributed by atoms with Gasteiger partial charge < -0.3 is 34.5 Å². The minimum Gasteiger partial charge on any atom is -0.493 e. The van der Waals surface area contributed by atoms with E-state index in [1.165, 1.54) is 7.11 Å². The van der Waals surface area contributed by atoms with Crippen molar-refractivity contribution in [3.8, 4) is 23.0 Å². The van der Waals surface area contributed by atoms with Crippen LogP contribution in [-0.2, 0) is 22.4 Å². The van der Waals surface area contributed by atoms with E-state index in [4.69, 9.17) is 35.7 Å². The third-order valence-corrected chi connectivity index (χ3v) is 8.43. The lowest BCUT2D eigenvalue weighted by molar-refractivity contribution is -0.143. The number of aliphatic hydroxyl groups is 1. The molecule has 234 valence electrons. The standard InChI is InChI=1S/C33H37ClN2O8/c1-4-19-12-23(34)13-20(5-2)30(19)35-28(38)17-36-16-25(22-14-26(41-3)32-27(15-22)43-18-44-32)29(33(39)40)31(36)21-6-8-24(9-7-21)42-11-10-37/h6-9,12-15,25,29,31,37H,4-5,10-11,16-18H2,1-3H3,(H,35,38)(H,39,40)/t25-,29?,31+/m1/s1. The molecule has 3 atom stereocenters. The van der Waals surface area contributed by atoms with Crippen molar-refractivity contribution in [1.29, 1.82) is 0 Å². The number of anilines is 1. The van der Waals surface area contributed by atoms with Gasteiger partial charge in [-0.3, -0.25) is 14.5 Å². The zero-order valence-corrected chi connectivity index (χ0v) is 25.7. The van der Waals surface area contributed by atoms with Crippen molar-refractivity contribution in [1.82, 2.24) is 4.90 Å². The van der Waals surface area contributed by atoms with Crippen LogP contribution in [0.2, 0.25) is 5.02 Å². The molecule has 0 radical (unpaired) electrons. The minimum absolute atomic E-state index is 0.0374. The number of hydrogen-bond donors (Lipinski definition) is 3. The Hall–Kier alpha value is -3.99. The largest absolute Gasteiger partial charge is 0.493 e. The van der Waals surface area contributed by atoms with Gasteiger partial charge in [-0.05, 0) is 71.5 Å². The van der Waals surface area contributed by atoms with Gasteiger partial charge in [-0.15, -0.1) is 0 Å². The molecule has 3 aromatic carbocycles. The van der Waals surface area contributed by atoms with Crippen molar-refractivity contribution in [2.75, 3.05) is 45.5 Å². The SMILES string of the molecule is CCc1cc(Cl)cc(CC)c1NC(=O)CN1C[C@H](c2cc(OC)c3c(c2)OCO3)C(C(=O)O)[C@@H]1c1ccc(OCCO)cc1. The molecule has 0 spiro atoms. The molecule has 3 aromatic rings. The predicted octanol–water partition coefficient (Wildman–Crippen LogP) is 5.05. The maximum Gasteiger partial charge on any atom is 0.309 e. The first-order chi connectivity index (χ1) is 21.3. The second kappa shape index (κ2) is 13.8. The van der Waals surface area contributed by atoms with Gasteiger partial charge in [0, 0.05) is 29.2 Å². The smallest absolute Gasteiger partial charge is 0.309 e. The molecular weight excluding hydrogens is 588 g/mol. The summed E-state index contributed by atoms with van der Waals surface area (Å²) in [4.78, 5) is 28.6. The van der Waals surface area contributed by atoms with Gasteiger partial charge in [0.25, 0.3) is 0 Å². The van der Waals surface area contributed by atoms with E-state index in [0.29, 0.717) is 53.0 Å². The number of carboxylic acids is 1. The Morgan fingerprint density at radius 3 is 2.36 bits per heavy atom. The number of nitrogens with one attached hydrogen (secondary N) is 1. The van der Waals surface area contributed by atoms with Gasteiger partial charge in [-0.1, -0.05) is 37.6 Å². The average molecular weight is 625 g/mol. The second-order valence-corrected chi connectivity index (χ2v) is 11.2. The number of carbonyl (C=O) groups is 2. The molecule has 0 aliphatic carbocycles. The molecule has 44 heavy (non-hydrogen) atoms. The van der Waals surface area contributed by atoms with Crippen molar-refractivity contribution in [3.63, 3.8) is 0 Å². The number of likely N-dealkylation sites (tertiary alicyclic amines) is 1. The monoisotopic (exact) mass is 624 g/mol. The summed E-state index contributed by atoms with van der Waals surface area (Å²) in [6.45, 7) is 4.34. The molecule has 0 bridgehead atoms. The quantitative estimate of drug-likeness (QED) is 0.254. The molecule has 2 aliphatic heterocycles. The Morgan fingerprint density at radius 1 is 1.05 bits per heavy atom. The molecule has 10 nitrogen and oxygen atoms in total. The summed E-state index contributed by atoms with van der Waals surface area (Å²) in [5.41, 5.74) is 4.07. The van der Waals surface area contributed by atoms with Crippen molar-refractivity contribution in [3.05, 3.63) is 75.8 Å². The maximum absolute atomic E-state index is 13.7. The zero-order valence-electron chi connectivity index (χ0n) is 25.0. The van der Waals surface area contributed by atoms with E-state index in [1.54, 1.807) is 24.3 Å². The number of benzene rings is 3. The van der Waals surface area contributed by atoms with Crippen molar-refractivity contribution >= 4 is 29.2 Å². The Morgan fingerprint density at radius 2 is 1.75 bits per heavy atom. The molecule has 0 aromatic heterocycles. The molecule has 1 amide bonds. The minimum atomic E-state index is -0.987. The summed E-state index contributed by atoms with van der Waals surface area (Å²) in [6, 6.07) is 13.8. The number of ether oxygens (including phenoxy) is 4. The third-order valence-electron chi connectivity index (χ3n) is 8.21. The van der Waals surface area contributed by atoms with E-state index in [0.717, 1.165) is 22.4 Å². The number of fused-ring (bicyclic) bond motifs is 1. The van der Waals surface area contributed by atoms with Gasteiger partial charge in [0.05, 0.1) is 26.2 Å². The summed E-state index contributed by atoms with van der Waals surface area (Å²) >= 11 is 6.33. The molecule has 5 rings (SSSR count).